The Labute approximate surface area is 97.2 Å². The summed E-state index contributed by atoms with van der Waals surface area (Å²) in [6, 6.07) is 0.477. The normalized spacial score (nSPS) is 21.3. The van der Waals surface area contributed by atoms with Crippen LogP contribution >= 0.6 is 0 Å². The molecule has 0 spiro atoms. The van der Waals surface area contributed by atoms with Crippen LogP contribution in [0.5, 0.6) is 0 Å². The molecule has 16 heavy (non-hydrogen) atoms. The predicted octanol–water partition coefficient (Wildman–Crippen LogP) is 0.507. The van der Waals surface area contributed by atoms with Crippen molar-refractivity contribution in [3.63, 3.8) is 0 Å². The third kappa shape index (κ3) is 3.73. The van der Waals surface area contributed by atoms with Crippen LogP contribution in [0.1, 0.15) is 19.3 Å². The van der Waals surface area contributed by atoms with E-state index < -0.39 is 0 Å². The van der Waals surface area contributed by atoms with Crippen molar-refractivity contribution in [1.82, 2.24) is 9.96 Å². The molecule has 1 rings (SSSR count). The first kappa shape index (κ1) is 13.4. The quantitative estimate of drug-likeness (QED) is 0.623. The number of hydrogen-bond donors (Lipinski definition) is 0. The van der Waals surface area contributed by atoms with Crippen molar-refractivity contribution in [2.24, 2.45) is 0 Å². The Hall–Kier alpha value is -0.650. The minimum absolute atomic E-state index is 0.0190. The molecule has 0 saturated carbocycles. The van der Waals surface area contributed by atoms with Crippen molar-refractivity contribution >= 4 is 5.91 Å². The highest BCUT2D eigenvalue weighted by Crippen LogP contribution is 2.17. The summed E-state index contributed by atoms with van der Waals surface area (Å²) < 4.78 is 5.17. The number of methoxy groups -OCH3 is 1. The van der Waals surface area contributed by atoms with E-state index in [0.717, 1.165) is 19.7 Å². The van der Waals surface area contributed by atoms with Gasteiger partial charge in [-0.25, -0.2) is 5.06 Å². The number of nitrogens with zero attached hydrogens (tertiary/aromatic N) is 2. The molecule has 5 nitrogen and oxygen atoms in total. The molecule has 5 heteroatoms. The summed E-state index contributed by atoms with van der Waals surface area (Å²) in [5, 5.41) is 1.28. The molecule has 0 aromatic carbocycles. The Balaban J connectivity index is 2.28. The minimum atomic E-state index is 0.0190. The van der Waals surface area contributed by atoms with Gasteiger partial charge in [0.2, 0.25) is 5.91 Å². The van der Waals surface area contributed by atoms with Crippen LogP contribution in [0.25, 0.3) is 0 Å². The predicted molar refractivity (Wildman–Crippen MR) is 60.9 cm³/mol. The topological polar surface area (TPSA) is 42.0 Å². The number of carbonyl (C=O) groups is 1. The van der Waals surface area contributed by atoms with E-state index in [0.29, 0.717) is 12.5 Å². The molecule has 94 valence electrons. The van der Waals surface area contributed by atoms with Crippen molar-refractivity contribution < 1.29 is 14.4 Å². The van der Waals surface area contributed by atoms with E-state index in [-0.39, 0.29) is 5.91 Å². The zero-order chi connectivity index (χ0) is 12.0. The Bertz CT molecular complexity index is 223. The summed E-state index contributed by atoms with van der Waals surface area (Å²) in [6.07, 6.45) is 2.87. The molecular weight excluding hydrogens is 208 g/mol. The van der Waals surface area contributed by atoms with E-state index in [1.807, 2.05) is 0 Å². The van der Waals surface area contributed by atoms with Gasteiger partial charge < -0.3 is 4.74 Å². The van der Waals surface area contributed by atoms with Crippen LogP contribution in [-0.4, -0.2) is 62.9 Å². The molecule has 0 bridgehead atoms. The molecule has 0 aliphatic carbocycles. The van der Waals surface area contributed by atoms with E-state index in [1.54, 1.807) is 14.2 Å². The van der Waals surface area contributed by atoms with E-state index in [9.17, 15) is 4.79 Å². The van der Waals surface area contributed by atoms with Gasteiger partial charge in [-0.3, -0.25) is 14.5 Å². The average Bonchev–Trinajstić information content (AvgIpc) is 2.73. The Morgan fingerprint density at radius 3 is 2.88 bits per heavy atom. The molecule has 1 unspecified atom stereocenters. The van der Waals surface area contributed by atoms with Crippen LogP contribution in [0.4, 0.5) is 0 Å². The molecular formula is C11H22N2O3. The fourth-order valence-electron chi connectivity index (χ4n) is 2.07. The largest absolute Gasteiger partial charge is 0.383 e. The third-order valence-corrected chi connectivity index (χ3v) is 3.10. The maximum atomic E-state index is 11.5. The number of hydroxylamine groups is 2. The average molecular weight is 230 g/mol. The fourth-order valence-corrected chi connectivity index (χ4v) is 2.07. The lowest BCUT2D eigenvalue weighted by Gasteiger charge is -2.24. The Morgan fingerprint density at radius 2 is 2.25 bits per heavy atom. The molecule has 0 aromatic rings. The third-order valence-electron chi connectivity index (χ3n) is 3.10. The van der Waals surface area contributed by atoms with Crippen LogP contribution in [0.15, 0.2) is 0 Å². The summed E-state index contributed by atoms with van der Waals surface area (Å²) in [7, 11) is 4.86. The second kappa shape index (κ2) is 6.83. The molecule has 1 amide bonds. The van der Waals surface area contributed by atoms with Crippen LogP contribution in [0.3, 0.4) is 0 Å². The van der Waals surface area contributed by atoms with Crippen LogP contribution in [0, 0.1) is 0 Å². The summed E-state index contributed by atoms with van der Waals surface area (Å²) in [5.41, 5.74) is 0. The molecule has 1 heterocycles. The number of ether oxygens (including phenoxy) is 1. The van der Waals surface area contributed by atoms with Gasteiger partial charge >= 0.3 is 0 Å². The lowest BCUT2D eigenvalue weighted by atomic mass is 10.2. The van der Waals surface area contributed by atoms with Crippen molar-refractivity contribution in [2.45, 2.75) is 25.3 Å². The van der Waals surface area contributed by atoms with Gasteiger partial charge in [0.05, 0.1) is 13.7 Å². The number of rotatable bonds is 6. The van der Waals surface area contributed by atoms with Gasteiger partial charge in [0.25, 0.3) is 0 Å². The summed E-state index contributed by atoms with van der Waals surface area (Å²) >= 11 is 0. The zero-order valence-electron chi connectivity index (χ0n) is 10.4. The number of hydrogen-bond acceptors (Lipinski definition) is 4. The van der Waals surface area contributed by atoms with E-state index in [4.69, 9.17) is 9.57 Å². The summed E-state index contributed by atoms with van der Waals surface area (Å²) in [6.45, 7) is 2.62. The van der Waals surface area contributed by atoms with Crippen molar-refractivity contribution in [1.29, 1.82) is 0 Å². The second-order valence-electron chi connectivity index (χ2n) is 4.11. The minimum Gasteiger partial charge on any atom is -0.383 e. The molecule has 1 fully saturated rings. The number of likely N-dealkylation sites (tertiary alicyclic amines) is 1. The van der Waals surface area contributed by atoms with Crippen LogP contribution < -0.4 is 0 Å². The van der Waals surface area contributed by atoms with Gasteiger partial charge in [-0.05, 0) is 19.4 Å². The summed E-state index contributed by atoms with van der Waals surface area (Å²) in [5.74, 6) is 0.0190. The van der Waals surface area contributed by atoms with E-state index in [1.165, 1.54) is 25.0 Å². The van der Waals surface area contributed by atoms with Crippen molar-refractivity contribution in [2.75, 3.05) is 41.0 Å². The van der Waals surface area contributed by atoms with Gasteiger partial charge in [0.15, 0.2) is 0 Å². The van der Waals surface area contributed by atoms with E-state index in [2.05, 4.69) is 4.90 Å². The fraction of sp³-hybridized carbons (Fsp3) is 0.909. The lowest BCUT2D eigenvalue weighted by molar-refractivity contribution is -0.169. The first-order valence-electron chi connectivity index (χ1n) is 5.72. The molecule has 0 radical (unpaired) electrons. The molecule has 1 atom stereocenters. The molecule has 1 aliphatic rings. The zero-order valence-corrected chi connectivity index (χ0v) is 10.4. The van der Waals surface area contributed by atoms with Crippen LogP contribution in [-0.2, 0) is 14.4 Å². The Morgan fingerprint density at radius 1 is 1.50 bits per heavy atom. The monoisotopic (exact) mass is 230 g/mol. The first-order chi connectivity index (χ1) is 7.69. The van der Waals surface area contributed by atoms with Gasteiger partial charge in [0.1, 0.15) is 0 Å². The number of amides is 1. The molecule has 1 aliphatic heterocycles. The van der Waals surface area contributed by atoms with Gasteiger partial charge in [0, 0.05) is 33.2 Å². The van der Waals surface area contributed by atoms with Crippen molar-refractivity contribution in [3.05, 3.63) is 0 Å². The van der Waals surface area contributed by atoms with Crippen LogP contribution in [0.2, 0.25) is 0 Å². The molecule has 0 N–H and O–H groups in total. The number of carbonyl (C=O) groups excluding carboxylic acids is 1. The van der Waals surface area contributed by atoms with Gasteiger partial charge in [-0.15, -0.1) is 0 Å². The highest BCUT2D eigenvalue weighted by atomic mass is 16.7. The SMILES string of the molecule is COCC1CCCN1CCC(=O)N(C)OC. The lowest BCUT2D eigenvalue weighted by Crippen LogP contribution is -2.36. The summed E-state index contributed by atoms with van der Waals surface area (Å²) in [4.78, 5) is 18.7. The molecule has 0 aromatic heterocycles. The standard InChI is InChI=1S/C11H22N2O3/c1-12(16-3)11(14)6-8-13-7-4-5-10(13)9-15-2/h10H,4-9H2,1-3H3. The maximum absolute atomic E-state index is 11.5. The Kier molecular flexibility index (Phi) is 5.73. The highest BCUT2D eigenvalue weighted by molar-refractivity contribution is 5.74. The van der Waals surface area contributed by atoms with Gasteiger partial charge in [-0.1, -0.05) is 0 Å². The second-order valence-corrected chi connectivity index (χ2v) is 4.11. The highest BCUT2D eigenvalue weighted by Gasteiger charge is 2.24. The smallest absolute Gasteiger partial charge is 0.247 e. The first-order valence-corrected chi connectivity index (χ1v) is 5.72. The maximum Gasteiger partial charge on any atom is 0.247 e. The van der Waals surface area contributed by atoms with Gasteiger partial charge in [-0.2, -0.15) is 0 Å². The molecule has 1 saturated heterocycles. The van der Waals surface area contributed by atoms with E-state index >= 15 is 0 Å². The van der Waals surface area contributed by atoms with Crippen molar-refractivity contribution in [3.8, 4) is 0 Å².